The maximum Gasteiger partial charge on any atom is 0.329 e. The Balaban J connectivity index is 1.49. The van der Waals surface area contributed by atoms with Crippen LogP contribution in [0.5, 0.6) is 5.75 Å². The van der Waals surface area contributed by atoms with Crippen molar-refractivity contribution in [2.24, 2.45) is 17.8 Å². The predicted molar refractivity (Wildman–Crippen MR) is 111 cm³/mol. The molecule has 166 valence electrons. The molecule has 3 rings (SSSR count). The fourth-order valence-electron chi connectivity index (χ4n) is 4.21. The van der Waals surface area contributed by atoms with Crippen LogP contribution in [0, 0.1) is 17.8 Å². The molecule has 3 N–H and O–H groups in total. The van der Waals surface area contributed by atoms with Crippen LogP contribution in [-0.2, 0) is 14.3 Å². The zero-order valence-electron chi connectivity index (χ0n) is 16.7. The lowest BCUT2D eigenvalue weighted by molar-refractivity contribution is -0.143. The molecule has 1 aromatic carbocycles. The minimum Gasteiger partial charge on any atom is -0.491 e. The Hall–Kier alpha value is -1.64. The normalized spacial score (nSPS) is 30.0. The van der Waals surface area contributed by atoms with Crippen LogP contribution in [0.1, 0.15) is 19.3 Å². The highest BCUT2D eigenvalue weighted by atomic mass is 35.5. The van der Waals surface area contributed by atoms with E-state index in [9.17, 15) is 15.0 Å². The third-order valence-electron chi connectivity index (χ3n) is 5.70. The summed E-state index contributed by atoms with van der Waals surface area (Å²) in [6.45, 7) is 0.643. The van der Waals surface area contributed by atoms with Gasteiger partial charge in [-0.15, -0.1) is 0 Å². The summed E-state index contributed by atoms with van der Waals surface area (Å²) in [6.07, 6.45) is 4.42. The van der Waals surface area contributed by atoms with Gasteiger partial charge >= 0.3 is 5.97 Å². The maximum atomic E-state index is 10.6. The van der Waals surface area contributed by atoms with Crippen molar-refractivity contribution < 1.29 is 34.3 Å². The van der Waals surface area contributed by atoms with Crippen LogP contribution in [0.2, 0.25) is 5.02 Å². The summed E-state index contributed by atoms with van der Waals surface area (Å²) in [5.74, 6) is -0.193. The van der Waals surface area contributed by atoms with Crippen LogP contribution in [0.15, 0.2) is 36.4 Å². The summed E-state index contributed by atoms with van der Waals surface area (Å²) in [6, 6.07) is 6.98. The molecule has 1 heterocycles. The van der Waals surface area contributed by atoms with E-state index in [1.807, 2.05) is 6.08 Å². The summed E-state index contributed by atoms with van der Waals surface area (Å²) in [5, 5.41) is 30.0. The number of aliphatic hydroxyl groups excluding tert-OH is 2. The Morgan fingerprint density at radius 3 is 2.97 bits per heavy atom. The minimum atomic E-state index is -0.979. The minimum absolute atomic E-state index is 0.0426. The lowest BCUT2D eigenvalue weighted by Crippen LogP contribution is -2.22. The third kappa shape index (κ3) is 6.68. The van der Waals surface area contributed by atoms with Crippen molar-refractivity contribution in [3.8, 4) is 5.75 Å². The highest BCUT2D eigenvalue weighted by Crippen LogP contribution is 2.41. The maximum absolute atomic E-state index is 10.6. The van der Waals surface area contributed by atoms with Gasteiger partial charge in [-0.25, -0.2) is 4.79 Å². The Labute approximate surface area is 181 Å². The monoisotopic (exact) mass is 440 g/mol. The largest absolute Gasteiger partial charge is 0.491 e. The van der Waals surface area contributed by atoms with Gasteiger partial charge in [-0.1, -0.05) is 29.8 Å². The number of aliphatic hydroxyl groups is 2. The van der Waals surface area contributed by atoms with Crippen molar-refractivity contribution in [2.45, 2.75) is 37.6 Å². The number of carboxylic acids is 1. The molecular formula is C22H29ClO7. The molecule has 30 heavy (non-hydrogen) atoms. The van der Waals surface area contributed by atoms with E-state index in [-0.39, 0.29) is 37.1 Å². The molecule has 2 fully saturated rings. The van der Waals surface area contributed by atoms with Crippen molar-refractivity contribution in [3.63, 3.8) is 0 Å². The number of hydrogen-bond acceptors (Lipinski definition) is 6. The molecule has 0 radical (unpaired) electrons. The number of ether oxygens (including phenoxy) is 3. The molecule has 0 unspecified atom stereocenters. The number of fused-ring (bicyclic) bond motifs is 1. The molecule has 1 saturated carbocycles. The number of halogens is 1. The number of benzene rings is 1. The number of carboxylic acid groups (broad SMARTS) is 1. The van der Waals surface area contributed by atoms with Gasteiger partial charge in [-0.05, 0) is 37.0 Å². The number of carbonyl (C=O) groups is 1. The first-order valence-corrected chi connectivity index (χ1v) is 10.6. The first kappa shape index (κ1) is 23.0. The van der Waals surface area contributed by atoms with E-state index in [0.717, 1.165) is 12.8 Å². The Morgan fingerprint density at radius 1 is 1.37 bits per heavy atom. The van der Waals surface area contributed by atoms with Gasteiger partial charge in [0.1, 0.15) is 25.1 Å². The second kappa shape index (κ2) is 11.1. The van der Waals surface area contributed by atoms with E-state index in [1.54, 1.807) is 30.3 Å². The van der Waals surface area contributed by atoms with Gasteiger partial charge in [-0.2, -0.15) is 0 Å². The quantitative estimate of drug-likeness (QED) is 0.506. The van der Waals surface area contributed by atoms with E-state index in [0.29, 0.717) is 30.4 Å². The van der Waals surface area contributed by atoms with Crippen LogP contribution < -0.4 is 4.74 Å². The Kier molecular flexibility index (Phi) is 8.53. The van der Waals surface area contributed by atoms with E-state index < -0.39 is 18.2 Å². The summed E-state index contributed by atoms with van der Waals surface area (Å²) in [4.78, 5) is 10.6. The number of hydrogen-bond donors (Lipinski definition) is 3. The lowest BCUT2D eigenvalue weighted by atomic mass is 9.87. The van der Waals surface area contributed by atoms with Gasteiger partial charge in [0.05, 0.1) is 25.4 Å². The molecule has 0 spiro atoms. The van der Waals surface area contributed by atoms with Crippen LogP contribution in [-0.4, -0.2) is 66.0 Å². The van der Waals surface area contributed by atoms with Crippen molar-refractivity contribution >= 4 is 17.6 Å². The highest BCUT2D eigenvalue weighted by molar-refractivity contribution is 6.30. The molecular weight excluding hydrogens is 412 g/mol. The van der Waals surface area contributed by atoms with Gasteiger partial charge in [0.2, 0.25) is 0 Å². The smallest absolute Gasteiger partial charge is 0.329 e. The molecule has 2 aliphatic rings. The van der Waals surface area contributed by atoms with E-state index in [4.69, 9.17) is 30.9 Å². The highest BCUT2D eigenvalue weighted by Gasteiger charge is 2.43. The SMILES string of the molecule is O=C(O)COC[C@H]1CC[C@@H]2[C@@H](C=C[C@@H](O)COc3cccc(Cl)c3)[C@H](O)C[C@@H]2OC1. The fourth-order valence-corrected chi connectivity index (χ4v) is 4.39. The van der Waals surface area contributed by atoms with Crippen LogP contribution in [0.4, 0.5) is 0 Å². The summed E-state index contributed by atoms with van der Waals surface area (Å²) >= 11 is 5.92. The molecule has 0 aromatic heterocycles. The molecule has 1 aromatic rings. The van der Waals surface area contributed by atoms with E-state index in [2.05, 4.69) is 0 Å². The summed E-state index contributed by atoms with van der Waals surface area (Å²) in [7, 11) is 0. The van der Waals surface area contributed by atoms with Gasteiger partial charge in [0.25, 0.3) is 0 Å². The summed E-state index contributed by atoms with van der Waals surface area (Å²) in [5.41, 5.74) is 0. The zero-order valence-corrected chi connectivity index (χ0v) is 17.5. The second-order valence-corrected chi connectivity index (χ2v) is 8.43. The number of rotatable bonds is 9. The average Bonchev–Trinajstić information content (AvgIpc) is 2.86. The summed E-state index contributed by atoms with van der Waals surface area (Å²) < 4.78 is 16.8. The van der Waals surface area contributed by atoms with Gasteiger partial charge in [0, 0.05) is 23.3 Å². The molecule has 1 saturated heterocycles. The van der Waals surface area contributed by atoms with E-state index >= 15 is 0 Å². The topological polar surface area (TPSA) is 105 Å². The third-order valence-corrected chi connectivity index (χ3v) is 5.93. The molecule has 0 bridgehead atoms. The Morgan fingerprint density at radius 2 is 2.20 bits per heavy atom. The first-order valence-electron chi connectivity index (χ1n) is 10.3. The standard InChI is InChI=1S/C22H29ClO7/c23-15-2-1-3-17(8-15)29-12-16(24)5-7-18-19-6-4-14(10-28-13-22(26)27)11-30-21(19)9-20(18)25/h1-3,5,7-8,14,16,18-21,24-25H,4,6,9-13H2,(H,26,27)/t14-,16-,18-,19-,20-,21+/m1/s1. The van der Waals surface area contributed by atoms with Crippen molar-refractivity contribution in [1.29, 1.82) is 0 Å². The molecule has 1 aliphatic carbocycles. The predicted octanol–water partition coefficient (Wildman–Crippen LogP) is 2.53. The van der Waals surface area contributed by atoms with Gasteiger partial charge in [-0.3, -0.25) is 0 Å². The average molecular weight is 441 g/mol. The zero-order chi connectivity index (χ0) is 21.5. The van der Waals surface area contributed by atoms with Crippen molar-refractivity contribution in [1.82, 2.24) is 0 Å². The first-order chi connectivity index (χ1) is 14.4. The van der Waals surface area contributed by atoms with Crippen LogP contribution in [0.25, 0.3) is 0 Å². The van der Waals surface area contributed by atoms with Crippen LogP contribution >= 0.6 is 11.6 Å². The molecule has 6 atom stereocenters. The molecule has 0 amide bonds. The number of aliphatic carboxylic acids is 1. The van der Waals surface area contributed by atoms with Crippen molar-refractivity contribution in [2.75, 3.05) is 26.4 Å². The lowest BCUT2D eigenvalue weighted by Gasteiger charge is -2.21. The molecule has 7 nitrogen and oxygen atoms in total. The molecule has 8 heteroatoms. The fraction of sp³-hybridized carbons (Fsp3) is 0.591. The van der Waals surface area contributed by atoms with Gasteiger partial charge < -0.3 is 29.5 Å². The Bertz CT molecular complexity index is 725. The molecule has 1 aliphatic heterocycles. The van der Waals surface area contributed by atoms with Gasteiger partial charge in [0.15, 0.2) is 0 Å². The van der Waals surface area contributed by atoms with E-state index in [1.165, 1.54) is 0 Å². The van der Waals surface area contributed by atoms with Crippen molar-refractivity contribution in [3.05, 3.63) is 41.4 Å². The van der Waals surface area contributed by atoms with Crippen LogP contribution in [0.3, 0.4) is 0 Å². The second-order valence-electron chi connectivity index (χ2n) is 7.99.